The van der Waals surface area contributed by atoms with E-state index in [4.69, 9.17) is 9.72 Å². The van der Waals surface area contributed by atoms with E-state index >= 15 is 0 Å². The van der Waals surface area contributed by atoms with Crippen molar-refractivity contribution in [1.29, 1.82) is 0 Å². The SMILES string of the molecule is Cn1ccc(COc2ccc3nc(C4CCCCC4C(=O)O)n(Cc4cccc(N5CC(F)(F)C5)c4)c3c2)n1. The molecule has 2 aliphatic rings. The van der Waals surface area contributed by atoms with Gasteiger partial charge in [-0.25, -0.2) is 13.8 Å². The summed E-state index contributed by atoms with van der Waals surface area (Å²) in [5.74, 6) is -2.74. The van der Waals surface area contributed by atoms with Gasteiger partial charge < -0.3 is 19.3 Å². The quantitative estimate of drug-likeness (QED) is 0.333. The first-order valence-corrected chi connectivity index (χ1v) is 13.3. The molecule has 6 rings (SSSR count). The summed E-state index contributed by atoms with van der Waals surface area (Å²) >= 11 is 0. The third-order valence-corrected chi connectivity index (χ3v) is 7.78. The molecule has 1 aliphatic carbocycles. The minimum absolute atomic E-state index is 0.209. The first-order chi connectivity index (χ1) is 18.8. The van der Waals surface area contributed by atoms with Gasteiger partial charge in [-0.05, 0) is 48.7 Å². The number of aryl methyl sites for hydroxylation is 1. The summed E-state index contributed by atoms with van der Waals surface area (Å²) in [6.07, 6.45) is 5.09. The molecule has 2 unspecified atom stereocenters. The second-order valence-electron chi connectivity index (χ2n) is 10.7. The topological polar surface area (TPSA) is 85.4 Å². The van der Waals surface area contributed by atoms with Gasteiger partial charge in [0, 0.05) is 37.5 Å². The number of hydrogen-bond acceptors (Lipinski definition) is 5. The van der Waals surface area contributed by atoms with E-state index in [9.17, 15) is 18.7 Å². The van der Waals surface area contributed by atoms with E-state index in [2.05, 4.69) is 9.67 Å². The Balaban J connectivity index is 1.36. The second-order valence-corrected chi connectivity index (χ2v) is 10.7. The van der Waals surface area contributed by atoms with Crippen LogP contribution >= 0.6 is 0 Å². The lowest BCUT2D eigenvalue weighted by molar-refractivity contribution is -0.143. The van der Waals surface area contributed by atoms with E-state index in [1.165, 1.54) is 0 Å². The van der Waals surface area contributed by atoms with E-state index in [0.717, 1.165) is 53.1 Å². The van der Waals surface area contributed by atoms with Gasteiger partial charge in [0.15, 0.2) is 0 Å². The van der Waals surface area contributed by atoms with Crippen LogP contribution in [0.3, 0.4) is 0 Å². The number of halogens is 2. The number of benzene rings is 2. The standard InChI is InChI=1S/C29H31F2N5O3/c1-34-12-11-20(33-34)16-39-22-9-10-25-26(14-22)36(27(32-25)23-7-2-3-8-24(23)28(37)38)15-19-5-4-6-21(13-19)35-17-29(30,31)18-35/h4-6,9-14,23-24H,2-3,7-8,15-18H2,1H3,(H,37,38). The summed E-state index contributed by atoms with van der Waals surface area (Å²) in [6, 6.07) is 15.2. The molecule has 0 spiro atoms. The predicted octanol–water partition coefficient (Wildman–Crippen LogP) is 5.21. The maximum absolute atomic E-state index is 13.5. The van der Waals surface area contributed by atoms with Gasteiger partial charge in [-0.1, -0.05) is 25.0 Å². The van der Waals surface area contributed by atoms with Crippen molar-refractivity contribution >= 4 is 22.7 Å². The molecule has 10 heteroatoms. The summed E-state index contributed by atoms with van der Waals surface area (Å²) in [5, 5.41) is 14.4. The molecule has 204 valence electrons. The van der Waals surface area contributed by atoms with Crippen LogP contribution in [0.4, 0.5) is 14.5 Å². The number of aliphatic carboxylic acids is 1. The summed E-state index contributed by atoms with van der Waals surface area (Å²) in [6.45, 7) is 0.195. The van der Waals surface area contributed by atoms with Crippen LogP contribution in [-0.4, -0.2) is 49.4 Å². The van der Waals surface area contributed by atoms with Crippen LogP contribution in [0.5, 0.6) is 5.75 Å². The molecule has 4 aromatic rings. The average Bonchev–Trinajstić information content (AvgIpc) is 3.49. The smallest absolute Gasteiger partial charge is 0.307 e. The molecule has 8 nitrogen and oxygen atoms in total. The highest BCUT2D eigenvalue weighted by atomic mass is 19.3. The maximum atomic E-state index is 13.5. The summed E-state index contributed by atoms with van der Waals surface area (Å²) < 4.78 is 36.9. The highest BCUT2D eigenvalue weighted by molar-refractivity contribution is 5.79. The van der Waals surface area contributed by atoms with Crippen molar-refractivity contribution in [1.82, 2.24) is 19.3 Å². The Morgan fingerprint density at radius 1 is 1.13 bits per heavy atom. The number of hydrogen-bond donors (Lipinski definition) is 1. The van der Waals surface area contributed by atoms with E-state index in [0.29, 0.717) is 25.3 Å². The lowest BCUT2D eigenvalue weighted by Crippen LogP contribution is -2.56. The van der Waals surface area contributed by atoms with Gasteiger partial charge in [-0.3, -0.25) is 9.48 Å². The molecular weight excluding hydrogens is 504 g/mol. The minimum Gasteiger partial charge on any atom is -0.487 e. The van der Waals surface area contributed by atoms with Crippen molar-refractivity contribution in [3.8, 4) is 5.75 Å². The van der Waals surface area contributed by atoms with Gasteiger partial charge in [0.05, 0.1) is 35.7 Å². The molecule has 1 N–H and O–H groups in total. The largest absolute Gasteiger partial charge is 0.487 e. The Morgan fingerprint density at radius 3 is 2.69 bits per heavy atom. The lowest BCUT2D eigenvalue weighted by Gasteiger charge is -2.40. The average molecular weight is 536 g/mol. The van der Waals surface area contributed by atoms with Crippen molar-refractivity contribution in [3.63, 3.8) is 0 Å². The van der Waals surface area contributed by atoms with Crippen LogP contribution in [0, 0.1) is 5.92 Å². The number of nitrogens with zero attached hydrogens (tertiary/aromatic N) is 5. The number of carbonyl (C=O) groups is 1. The Morgan fingerprint density at radius 2 is 1.95 bits per heavy atom. The maximum Gasteiger partial charge on any atom is 0.307 e. The van der Waals surface area contributed by atoms with Gasteiger partial charge in [0.1, 0.15) is 18.2 Å². The number of carboxylic acid groups (broad SMARTS) is 1. The van der Waals surface area contributed by atoms with E-state index in [1.54, 1.807) is 9.58 Å². The van der Waals surface area contributed by atoms with Crippen LogP contribution in [-0.2, 0) is 25.0 Å². The molecule has 2 aromatic heterocycles. The molecule has 2 atom stereocenters. The second kappa shape index (κ2) is 9.98. The van der Waals surface area contributed by atoms with Crippen molar-refractivity contribution < 1.29 is 23.4 Å². The molecule has 1 saturated heterocycles. The minimum atomic E-state index is -2.65. The lowest BCUT2D eigenvalue weighted by atomic mass is 9.78. The third kappa shape index (κ3) is 5.20. The highest BCUT2D eigenvalue weighted by Gasteiger charge is 2.44. The fraction of sp³-hybridized carbons (Fsp3) is 0.414. The summed E-state index contributed by atoms with van der Waals surface area (Å²) in [5.41, 5.74) is 4.12. The number of fused-ring (bicyclic) bond motifs is 1. The molecule has 1 saturated carbocycles. The first-order valence-electron chi connectivity index (χ1n) is 13.3. The van der Waals surface area contributed by atoms with Gasteiger partial charge in [0.2, 0.25) is 0 Å². The fourth-order valence-electron chi connectivity index (χ4n) is 5.82. The zero-order chi connectivity index (χ0) is 27.1. The van der Waals surface area contributed by atoms with Crippen molar-refractivity contribution in [2.24, 2.45) is 13.0 Å². The number of aromatic nitrogens is 4. The van der Waals surface area contributed by atoms with Crippen LogP contribution in [0.2, 0.25) is 0 Å². The molecule has 39 heavy (non-hydrogen) atoms. The van der Waals surface area contributed by atoms with Crippen molar-refractivity contribution in [2.75, 3.05) is 18.0 Å². The van der Waals surface area contributed by atoms with Crippen LogP contribution < -0.4 is 9.64 Å². The number of anilines is 1. The molecule has 3 heterocycles. The Bertz CT molecular complexity index is 1510. The molecule has 1 aliphatic heterocycles. The van der Waals surface area contributed by atoms with Crippen LogP contribution in [0.15, 0.2) is 54.7 Å². The number of alkyl halides is 2. The van der Waals surface area contributed by atoms with Crippen molar-refractivity contribution in [3.05, 3.63) is 71.8 Å². The zero-order valence-electron chi connectivity index (χ0n) is 21.8. The van der Waals surface area contributed by atoms with Gasteiger partial charge in [-0.2, -0.15) is 5.10 Å². The van der Waals surface area contributed by atoms with Gasteiger partial charge in [0.25, 0.3) is 5.92 Å². The van der Waals surface area contributed by atoms with E-state index < -0.39 is 17.8 Å². The third-order valence-electron chi connectivity index (χ3n) is 7.78. The Hall–Kier alpha value is -3.95. The van der Waals surface area contributed by atoms with Crippen LogP contribution in [0.25, 0.3) is 11.0 Å². The normalized spacial score (nSPS) is 20.6. The predicted molar refractivity (Wildman–Crippen MR) is 142 cm³/mol. The van der Waals surface area contributed by atoms with Gasteiger partial charge in [-0.15, -0.1) is 0 Å². The molecule has 0 amide bonds. The molecular formula is C29H31F2N5O3. The molecule has 0 radical (unpaired) electrons. The number of rotatable bonds is 8. The summed E-state index contributed by atoms with van der Waals surface area (Å²) in [7, 11) is 1.85. The zero-order valence-corrected chi connectivity index (χ0v) is 21.8. The number of imidazole rings is 1. The van der Waals surface area contributed by atoms with Crippen molar-refractivity contribution in [2.45, 2.75) is 50.7 Å². The highest BCUT2D eigenvalue weighted by Crippen LogP contribution is 2.40. The molecule has 2 fully saturated rings. The van der Waals surface area contributed by atoms with E-state index in [-0.39, 0.29) is 19.0 Å². The molecule has 0 bridgehead atoms. The molecule has 2 aromatic carbocycles. The Labute approximate surface area is 224 Å². The Kier molecular flexibility index (Phi) is 6.48. The van der Waals surface area contributed by atoms with E-state index in [1.807, 2.05) is 61.8 Å². The summed E-state index contributed by atoms with van der Waals surface area (Å²) in [4.78, 5) is 18.8. The fourth-order valence-corrected chi connectivity index (χ4v) is 5.82. The van der Waals surface area contributed by atoms with Gasteiger partial charge >= 0.3 is 5.97 Å². The monoisotopic (exact) mass is 535 g/mol. The first kappa shape index (κ1) is 25.3. The number of ether oxygens (including phenoxy) is 1. The van der Waals surface area contributed by atoms with Crippen LogP contribution in [0.1, 0.15) is 48.7 Å². The number of carboxylic acids is 1.